The SMILES string of the molecule is CC(C)(C)C(=O)N[C@H]1CCC(=O)NC1=O. The van der Waals surface area contributed by atoms with Crippen molar-refractivity contribution in [1.82, 2.24) is 10.6 Å². The highest BCUT2D eigenvalue weighted by atomic mass is 16.2. The molecule has 1 saturated heterocycles. The van der Waals surface area contributed by atoms with Gasteiger partial charge in [0, 0.05) is 11.8 Å². The third-order valence-corrected chi connectivity index (χ3v) is 2.23. The Morgan fingerprint density at radius 2 is 2.00 bits per heavy atom. The number of nitrogens with one attached hydrogen (secondary N) is 2. The molecule has 0 aliphatic carbocycles. The van der Waals surface area contributed by atoms with E-state index in [0.717, 1.165) is 0 Å². The second kappa shape index (κ2) is 4.00. The van der Waals surface area contributed by atoms with Gasteiger partial charge in [-0.25, -0.2) is 0 Å². The number of carbonyl (C=O) groups is 3. The van der Waals surface area contributed by atoms with Crippen LogP contribution in [0.5, 0.6) is 0 Å². The van der Waals surface area contributed by atoms with Gasteiger partial charge in [0.2, 0.25) is 17.7 Å². The summed E-state index contributed by atoms with van der Waals surface area (Å²) >= 11 is 0. The molecule has 1 fully saturated rings. The highest BCUT2D eigenvalue weighted by Crippen LogP contribution is 2.14. The van der Waals surface area contributed by atoms with Crippen molar-refractivity contribution in [2.75, 3.05) is 0 Å². The van der Waals surface area contributed by atoms with E-state index in [4.69, 9.17) is 0 Å². The van der Waals surface area contributed by atoms with Crippen LogP contribution in [0.4, 0.5) is 0 Å². The Bertz CT molecular complexity index is 304. The molecule has 0 radical (unpaired) electrons. The van der Waals surface area contributed by atoms with Gasteiger partial charge < -0.3 is 5.32 Å². The summed E-state index contributed by atoms with van der Waals surface area (Å²) in [5.41, 5.74) is -0.526. The molecule has 84 valence electrons. The lowest BCUT2D eigenvalue weighted by Gasteiger charge is -2.25. The lowest BCUT2D eigenvalue weighted by Crippen LogP contribution is -2.54. The van der Waals surface area contributed by atoms with Gasteiger partial charge in [0.25, 0.3) is 0 Å². The molecular formula is C10H16N2O3. The zero-order valence-electron chi connectivity index (χ0n) is 9.22. The number of imide groups is 1. The van der Waals surface area contributed by atoms with Crippen LogP contribution >= 0.6 is 0 Å². The fourth-order valence-corrected chi connectivity index (χ4v) is 1.21. The van der Waals surface area contributed by atoms with Crippen LogP contribution in [0.25, 0.3) is 0 Å². The van der Waals surface area contributed by atoms with E-state index in [1.165, 1.54) is 0 Å². The van der Waals surface area contributed by atoms with Crippen molar-refractivity contribution < 1.29 is 14.4 Å². The minimum Gasteiger partial charge on any atom is -0.344 e. The first-order valence-electron chi connectivity index (χ1n) is 4.95. The largest absolute Gasteiger partial charge is 0.344 e. The van der Waals surface area contributed by atoms with Crippen molar-refractivity contribution in [2.24, 2.45) is 5.41 Å². The minimum atomic E-state index is -0.575. The molecule has 15 heavy (non-hydrogen) atoms. The van der Waals surface area contributed by atoms with Crippen LogP contribution in [0.15, 0.2) is 0 Å². The number of carbonyl (C=O) groups excluding carboxylic acids is 3. The molecule has 0 saturated carbocycles. The maximum Gasteiger partial charge on any atom is 0.249 e. The minimum absolute atomic E-state index is 0.183. The van der Waals surface area contributed by atoms with Gasteiger partial charge in [0.05, 0.1) is 0 Å². The number of piperidine rings is 1. The second-order valence-electron chi connectivity index (χ2n) is 4.73. The third kappa shape index (κ3) is 3.04. The molecule has 1 heterocycles. The molecule has 5 nitrogen and oxygen atoms in total. The Morgan fingerprint density at radius 1 is 1.40 bits per heavy atom. The molecule has 1 rings (SSSR count). The van der Waals surface area contributed by atoms with Crippen LogP contribution in [0.2, 0.25) is 0 Å². The van der Waals surface area contributed by atoms with E-state index in [2.05, 4.69) is 10.6 Å². The average Bonchev–Trinajstić information content (AvgIpc) is 2.08. The van der Waals surface area contributed by atoms with Crippen LogP contribution in [0.1, 0.15) is 33.6 Å². The summed E-state index contributed by atoms with van der Waals surface area (Å²) in [4.78, 5) is 33.8. The van der Waals surface area contributed by atoms with Crippen molar-refractivity contribution in [3.8, 4) is 0 Å². The van der Waals surface area contributed by atoms with Gasteiger partial charge in [-0.15, -0.1) is 0 Å². The van der Waals surface area contributed by atoms with E-state index >= 15 is 0 Å². The molecule has 1 aliphatic heterocycles. The van der Waals surface area contributed by atoms with Crippen molar-refractivity contribution in [1.29, 1.82) is 0 Å². The Morgan fingerprint density at radius 3 is 2.47 bits per heavy atom. The normalized spacial score (nSPS) is 22.2. The molecule has 0 aromatic heterocycles. The van der Waals surface area contributed by atoms with Gasteiger partial charge in [-0.1, -0.05) is 20.8 Å². The van der Waals surface area contributed by atoms with Crippen LogP contribution in [0.3, 0.4) is 0 Å². The quantitative estimate of drug-likeness (QED) is 0.598. The molecule has 0 aromatic rings. The molecule has 2 N–H and O–H groups in total. The smallest absolute Gasteiger partial charge is 0.249 e. The predicted molar refractivity (Wildman–Crippen MR) is 53.8 cm³/mol. The summed E-state index contributed by atoms with van der Waals surface area (Å²) in [5, 5.41) is 4.82. The highest BCUT2D eigenvalue weighted by molar-refractivity contribution is 6.01. The zero-order valence-corrected chi connectivity index (χ0v) is 9.22. The molecule has 1 atom stereocenters. The van der Waals surface area contributed by atoms with E-state index in [0.29, 0.717) is 6.42 Å². The fraction of sp³-hybridized carbons (Fsp3) is 0.700. The fourth-order valence-electron chi connectivity index (χ4n) is 1.21. The van der Waals surface area contributed by atoms with E-state index in [-0.39, 0.29) is 18.2 Å². The van der Waals surface area contributed by atoms with Gasteiger partial charge in [0.1, 0.15) is 6.04 Å². The number of amides is 3. The lowest BCUT2D eigenvalue weighted by atomic mass is 9.94. The zero-order chi connectivity index (χ0) is 11.6. The summed E-state index contributed by atoms with van der Waals surface area (Å²) < 4.78 is 0. The van der Waals surface area contributed by atoms with E-state index in [1.54, 1.807) is 20.8 Å². The van der Waals surface area contributed by atoms with Gasteiger partial charge >= 0.3 is 0 Å². The second-order valence-corrected chi connectivity index (χ2v) is 4.73. The molecule has 0 spiro atoms. The molecular weight excluding hydrogens is 196 g/mol. The number of hydrogen-bond donors (Lipinski definition) is 2. The Labute approximate surface area is 88.6 Å². The van der Waals surface area contributed by atoms with E-state index in [9.17, 15) is 14.4 Å². The molecule has 5 heteroatoms. The van der Waals surface area contributed by atoms with Crippen LogP contribution < -0.4 is 10.6 Å². The summed E-state index contributed by atoms with van der Waals surface area (Å²) in [5.74, 6) is -0.873. The van der Waals surface area contributed by atoms with Crippen molar-refractivity contribution in [2.45, 2.75) is 39.7 Å². The van der Waals surface area contributed by atoms with Crippen molar-refractivity contribution in [3.05, 3.63) is 0 Å². The number of hydrogen-bond acceptors (Lipinski definition) is 3. The first kappa shape index (κ1) is 11.7. The van der Waals surface area contributed by atoms with Crippen LogP contribution in [0, 0.1) is 5.41 Å². The highest BCUT2D eigenvalue weighted by Gasteiger charge is 2.31. The molecule has 1 aliphatic rings. The van der Waals surface area contributed by atoms with Gasteiger partial charge in [-0.05, 0) is 6.42 Å². The maximum atomic E-state index is 11.6. The average molecular weight is 212 g/mol. The third-order valence-electron chi connectivity index (χ3n) is 2.23. The lowest BCUT2D eigenvalue weighted by molar-refractivity contribution is -0.139. The van der Waals surface area contributed by atoms with E-state index < -0.39 is 17.4 Å². The predicted octanol–water partition coefficient (Wildman–Crippen LogP) is -0.0461. The summed E-state index contributed by atoms with van der Waals surface area (Å²) in [7, 11) is 0. The van der Waals surface area contributed by atoms with Gasteiger partial charge in [-0.2, -0.15) is 0 Å². The molecule has 0 unspecified atom stereocenters. The maximum absolute atomic E-state index is 11.6. The summed E-state index contributed by atoms with van der Waals surface area (Å²) in [6.07, 6.45) is 0.660. The number of rotatable bonds is 1. The molecule has 3 amide bonds. The standard InChI is InChI=1S/C10H16N2O3/c1-10(2,3)9(15)11-6-4-5-7(13)12-8(6)14/h6H,4-5H2,1-3H3,(H,11,15)(H,12,13,14)/t6-/m0/s1. The van der Waals surface area contributed by atoms with Gasteiger partial charge in [-0.3, -0.25) is 19.7 Å². The first-order valence-corrected chi connectivity index (χ1v) is 4.95. The Balaban J connectivity index is 2.56. The van der Waals surface area contributed by atoms with Crippen LogP contribution in [-0.4, -0.2) is 23.8 Å². The Kier molecular flexibility index (Phi) is 3.12. The first-order chi connectivity index (χ1) is 6.80. The van der Waals surface area contributed by atoms with Crippen molar-refractivity contribution >= 4 is 17.7 Å². The Hall–Kier alpha value is -1.39. The topological polar surface area (TPSA) is 75.3 Å². The van der Waals surface area contributed by atoms with Gasteiger partial charge in [0.15, 0.2) is 0 Å². The molecule has 0 aromatic carbocycles. The van der Waals surface area contributed by atoms with Crippen LogP contribution in [-0.2, 0) is 14.4 Å². The summed E-state index contributed by atoms with van der Waals surface area (Å²) in [6, 6.07) is -0.575. The van der Waals surface area contributed by atoms with E-state index in [1.807, 2.05) is 0 Å². The molecule has 0 bridgehead atoms. The van der Waals surface area contributed by atoms with Crippen molar-refractivity contribution in [3.63, 3.8) is 0 Å². The monoisotopic (exact) mass is 212 g/mol. The summed E-state index contributed by atoms with van der Waals surface area (Å²) in [6.45, 7) is 5.32.